The normalized spacial score (nSPS) is 34.7. The fourth-order valence-corrected chi connectivity index (χ4v) is 6.00. The summed E-state index contributed by atoms with van der Waals surface area (Å²) in [5.41, 5.74) is 1.67. The van der Waals surface area contributed by atoms with Crippen molar-refractivity contribution in [2.45, 2.75) is 45.4 Å². The first-order chi connectivity index (χ1) is 11.0. The van der Waals surface area contributed by atoms with Crippen LogP contribution in [0.25, 0.3) is 0 Å². The summed E-state index contributed by atoms with van der Waals surface area (Å²) in [5.74, 6) is 3.24. The van der Waals surface area contributed by atoms with E-state index in [1.54, 1.807) is 11.8 Å². The number of carbonyl (C=O) groups is 1. The lowest BCUT2D eigenvalue weighted by molar-refractivity contribution is -0.0503. The van der Waals surface area contributed by atoms with Gasteiger partial charge in [-0.3, -0.25) is 4.79 Å². The van der Waals surface area contributed by atoms with E-state index in [0.29, 0.717) is 16.9 Å². The van der Waals surface area contributed by atoms with Gasteiger partial charge < -0.3 is 10.1 Å². The van der Waals surface area contributed by atoms with E-state index in [4.69, 9.17) is 4.74 Å². The highest BCUT2D eigenvalue weighted by molar-refractivity contribution is 5.97. The van der Waals surface area contributed by atoms with Crippen molar-refractivity contribution in [3.63, 3.8) is 0 Å². The first kappa shape index (κ1) is 15.0. The SMILES string of the molecule is COc1c(C(=O)NCC23CC4CC(CC(C4)C2)C3)c(C)nn1C. The van der Waals surface area contributed by atoms with Crippen molar-refractivity contribution in [3.8, 4) is 5.88 Å². The molecule has 0 atom stereocenters. The average molecular weight is 317 g/mol. The lowest BCUT2D eigenvalue weighted by Gasteiger charge is -2.56. The van der Waals surface area contributed by atoms with Gasteiger partial charge in [0.15, 0.2) is 0 Å². The average Bonchev–Trinajstić information content (AvgIpc) is 2.77. The van der Waals surface area contributed by atoms with Gasteiger partial charge in [-0.25, -0.2) is 4.68 Å². The largest absolute Gasteiger partial charge is 0.481 e. The van der Waals surface area contributed by atoms with Crippen LogP contribution in [0.5, 0.6) is 5.88 Å². The summed E-state index contributed by atoms with van der Waals surface area (Å²) < 4.78 is 6.99. The van der Waals surface area contributed by atoms with E-state index >= 15 is 0 Å². The maximum absolute atomic E-state index is 12.7. The van der Waals surface area contributed by atoms with E-state index in [9.17, 15) is 4.79 Å². The van der Waals surface area contributed by atoms with Crippen LogP contribution in [-0.2, 0) is 7.05 Å². The van der Waals surface area contributed by atoms with E-state index in [0.717, 1.165) is 30.0 Å². The molecule has 0 aliphatic heterocycles. The Morgan fingerprint density at radius 3 is 2.35 bits per heavy atom. The van der Waals surface area contributed by atoms with Gasteiger partial charge in [-0.2, -0.15) is 5.10 Å². The summed E-state index contributed by atoms with van der Waals surface area (Å²) in [6.45, 7) is 2.68. The van der Waals surface area contributed by atoms with Gasteiger partial charge in [-0.1, -0.05) is 0 Å². The fraction of sp³-hybridized carbons (Fsp3) is 0.778. The standard InChI is InChI=1S/C18H27N3O2/c1-11-15(17(23-3)21(2)20-11)16(22)19-10-18-7-12-4-13(8-18)6-14(5-12)9-18/h12-14H,4-10H2,1-3H3,(H,19,22). The highest BCUT2D eigenvalue weighted by atomic mass is 16.5. The molecular weight excluding hydrogens is 290 g/mol. The van der Waals surface area contributed by atoms with Crippen molar-refractivity contribution in [1.29, 1.82) is 0 Å². The van der Waals surface area contributed by atoms with Crippen LogP contribution in [0, 0.1) is 30.1 Å². The van der Waals surface area contributed by atoms with Gasteiger partial charge in [0, 0.05) is 13.6 Å². The number of methoxy groups -OCH3 is 1. The number of aryl methyl sites for hydroxylation is 2. The first-order valence-corrected chi connectivity index (χ1v) is 8.85. The molecule has 0 unspecified atom stereocenters. The van der Waals surface area contributed by atoms with Crippen LogP contribution in [0.2, 0.25) is 0 Å². The number of ether oxygens (including phenoxy) is 1. The van der Waals surface area contributed by atoms with Crippen LogP contribution in [0.15, 0.2) is 0 Å². The Balaban J connectivity index is 1.48. The highest BCUT2D eigenvalue weighted by Gasteiger charge is 2.50. The van der Waals surface area contributed by atoms with Crippen molar-refractivity contribution in [1.82, 2.24) is 15.1 Å². The topological polar surface area (TPSA) is 56.1 Å². The smallest absolute Gasteiger partial charge is 0.258 e. The predicted molar refractivity (Wildman–Crippen MR) is 87.4 cm³/mol. The molecule has 0 spiro atoms. The first-order valence-electron chi connectivity index (χ1n) is 8.85. The fourth-order valence-electron chi connectivity index (χ4n) is 6.00. The third-order valence-electron chi connectivity index (χ3n) is 6.38. The molecule has 4 bridgehead atoms. The second-order valence-corrected chi connectivity index (χ2v) is 8.19. The van der Waals surface area contributed by atoms with Crippen molar-refractivity contribution >= 4 is 5.91 Å². The van der Waals surface area contributed by atoms with Gasteiger partial charge in [-0.15, -0.1) is 0 Å². The number of carbonyl (C=O) groups excluding carboxylic acids is 1. The Morgan fingerprint density at radius 2 is 1.83 bits per heavy atom. The van der Waals surface area contributed by atoms with Crippen molar-refractivity contribution < 1.29 is 9.53 Å². The van der Waals surface area contributed by atoms with Crippen LogP contribution in [0.1, 0.15) is 54.6 Å². The molecule has 5 nitrogen and oxygen atoms in total. The Labute approximate surface area is 137 Å². The van der Waals surface area contributed by atoms with E-state index in [-0.39, 0.29) is 5.91 Å². The molecule has 0 aromatic carbocycles. The number of nitrogens with one attached hydrogen (secondary N) is 1. The van der Waals surface area contributed by atoms with E-state index in [1.807, 2.05) is 14.0 Å². The Morgan fingerprint density at radius 1 is 1.26 bits per heavy atom. The van der Waals surface area contributed by atoms with Gasteiger partial charge in [-0.05, 0) is 68.6 Å². The van der Waals surface area contributed by atoms with Gasteiger partial charge in [0.1, 0.15) is 5.56 Å². The van der Waals surface area contributed by atoms with Crippen molar-refractivity contribution in [2.75, 3.05) is 13.7 Å². The molecular formula is C18H27N3O2. The zero-order valence-electron chi connectivity index (χ0n) is 14.4. The molecule has 0 saturated heterocycles. The van der Waals surface area contributed by atoms with Crippen LogP contribution in [0.4, 0.5) is 0 Å². The zero-order chi connectivity index (χ0) is 16.2. The molecule has 1 N–H and O–H groups in total. The van der Waals surface area contributed by atoms with Gasteiger partial charge >= 0.3 is 0 Å². The molecule has 23 heavy (non-hydrogen) atoms. The maximum atomic E-state index is 12.7. The summed E-state index contributed by atoms with van der Waals surface area (Å²) in [5, 5.41) is 7.52. The summed E-state index contributed by atoms with van der Waals surface area (Å²) >= 11 is 0. The number of hydrogen-bond acceptors (Lipinski definition) is 3. The highest BCUT2D eigenvalue weighted by Crippen LogP contribution is 2.59. The molecule has 1 aromatic rings. The molecule has 4 saturated carbocycles. The summed E-state index contributed by atoms with van der Waals surface area (Å²) in [6, 6.07) is 0. The minimum absolute atomic E-state index is 0.0387. The molecule has 1 amide bonds. The molecule has 126 valence electrons. The van der Waals surface area contributed by atoms with Gasteiger partial charge in [0.25, 0.3) is 5.91 Å². The number of hydrogen-bond donors (Lipinski definition) is 1. The Kier molecular flexibility index (Phi) is 3.43. The molecule has 5 heteroatoms. The van der Waals surface area contributed by atoms with E-state index < -0.39 is 0 Å². The van der Waals surface area contributed by atoms with E-state index in [2.05, 4.69) is 10.4 Å². The number of amides is 1. The zero-order valence-corrected chi connectivity index (χ0v) is 14.4. The minimum atomic E-state index is -0.0387. The second kappa shape index (κ2) is 5.25. The quantitative estimate of drug-likeness (QED) is 0.929. The molecule has 4 aliphatic carbocycles. The van der Waals surface area contributed by atoms with Crippen molar-refractivity contribution in [2.24, 2.45) is 30.2 Å². The molecule has 5 rings (SSSR count). The van der Waals surface area contributed by atoms with Crippen LogP contribution in [0.3, 0.4) is 0 Å². The summed E-state index contributed by atoms with van der Waals surface area (Å²) in [7, 11) is 3.40. The molecule has 1 aromatic heterocycles. The van der Waals surface area contributed by atoms with Crippen molar-refractivity contribution in [3.05, 3.63) is 11.3 Å². The molecule has 4 aliphatic rings. The summed E-state index contributed by atoms with van der Waals surface area (Å²) in [6.07, 6.45) is 8.22. The van der Waals surface area contributed by atoms with E-state index in [1.165, 1.54) is 38.5 Å². The monoisotopic (exact) mass is 317 g/mol. The summed E-state index contributed by atoms with van der Waals surface area (Å²) in [4.78, 5) is 12.7. The minimum Gasteiger partial charge on any atom is -0.481 e. The lowest BCUT2D eigenvalue weighted by Crippen LogP contribution is -2.51. The van der Waals surface area contributed by atoms with Gasteiger partial charge in [0.2, 0.25) is 5.88 Å². The van der Waals surface area contributed by atoms with Crippen LogP contribution >= 0.6 is 0 Å². The van der Waals surface area contributed by atoms with Crippen LogP contribution in [-0.4, -0.2) is 29.3 Å². The Hall–Kier alpha value is -1.52. The third kappa shape index (κ3) is 2.45. The molecule has 1 heterocycles. The number of nitrogens with zero attached hydrogens (tertiary/aromatic N) is 2. The van der Waals surface area contributed by atoms with Crippen LogP contribution < -0.4 is 10.1 Å². The predicted octanol–water partition coefficient (Wildman–Crippen LogP) is 2.68. The molecule has 4 fully saturated rings. The third-order valence-corrected chi connectivity index (χ3v) is 6.38. The number of rotatable bonds is 4. The molecule has 0 radical (unpaired) electrons. The second-order valence-electron chi connectivity index (χ2n) is 8.19. The number of aromatic nitrogens is 2. The maximum Gasteiger partial charge on any atom is 0.258 e. The lowest BCUT2D eigenvalue weighted by atomic mass is 9.49. The Bertz CT molecular complexity index is 599. The van der Waals surface area contributed by atoms with Gasteiger partial charge in [0.05, 0.1) is 12.8 Å².